The van der Waals surface area contributed by atoms with Crippen LogP contribution in [0.5, 0.6) is 0 Å². The van der Waals surface area contributed by atoms with Gasteiger partial charge in [-0.1, -0.05) is 11.6 Å². The Kier molecular flexibility index (Phi) is 4.11. The fraction of sp³-hybridized carbons (Fsp3) is 0.500. The molecule has 1 aliphatic carbocycles. The molecule has 86 valence electrons. The molecule has 2 nitrogen and oxygen atoms in total. The molecular formula is C14H19NO. The molecule has 0 spiro atoms. The summed E-state index contributed by atoms with van der Waals surface area (Å²) in [5, 5.41) is 9.56. The zero-order valence-electron chi connectivity index (χ0n) is 9.60. The van der Waals surface area contributed by atoms with Crippen molar-refractivity contribution in [2.24, 2.45) is 0 Å². The number of rotatable bonds is 1. The number of aliphatic hydroxyl groups excluding tert-OH is 1. The van der Waals surface area contributed by atoms with E-state index in [2.05, 4.69) is 11.1 Å². The van der Waals surface area contributed by atoms with E-state index in [0.717, 1.165) is 44.2 Å². The zero-order valence-corrected chi connectivity index (χ0v) is 9.60. The first-order valence-electron chi connectivity index (χ1n) is 6.13. The summed E-state index contributed by atoms with van der Waals surface area (Å²) in [5.74, 6) is 0. The normalized spacial score (nSPS) is 22.3. The first-order valence-corrected chi connectivity index (χ1v) is 6.13. The Morgan fingerprint density at radius 3 is 2.56 bits per heavy atom. The van der Waals surface area contributed by atoms with Gasteiger partial charge < -0.3 is 5.11 Å². The SMILES string of the molecule is OC1CCCC(=Cc2ccccn2)CCC1. The van der Waals surface area contributed by atoms with Crippen LogP contribution in [0.15, 0.2) is 30.0 Å². The van der Waals surface area contributed by atoms with Crippen LogP contribution in [0.4, 0.5) is 0 Å². The molecule has 1 N–H and O–H groups in total. The van der Waals surface area contributed by atoms with Crippen LogP contribution in [0.2, 0.25) is 0 Å². The molecule has 2 heteroatoms. The highest BCUT2D eigenvalue weighted by molar-refractivity contribution is 5.48. The van der Waals surface area contributed by atoms with Crippen molar-refractivity contribution in [3.63, 3.8) is 0 Å². The minimum atomic E-state index is -0.0728. The first-order chi connectivity index (χ1) is 7.84. The van der Waals surface area contributed by atoms with Crippen LogP contribution in [0.3, 0.4) is 0 Å². The van der Waals surface area contributed by atoms with Gasteiger partial charge in [-0.2, -0.15) is 0 Å². The number of aromatic nitrogens is 1. The Morgan fingerprint density at radius 2 is 1.94 bits per heavy atom. The Balaban J connectivity index is 2.01. The van der Waals surface area contributed by atoms with Gasteiger partial charge in [0.05, 0.1) is 11.8 Å². The van der Waals surface area contributed by atoms with Crippen LogP contribution in [0.1, 0.15) is 44.2 Å². The lowest BCUT2D eigenvalue weighted by molar-refractivity contribution is 0.146. The zero-order chi connectivity index (χ0) is 11.2. The molecule has 1 aliphatic rings. The highest BCUT2D eigenvalue weighted by Gasteiger charge is 2.10. The second kappa shape index (κ2) is 5.80. The van der Waals surface area contributed by atoms with E-state index in [1.54, 1.807) is 0 Å². The molecule has 1 heterocycles. The van der Waals surface area contributed by atoms with Crippen LogP contribution in [-0.2, 0) is 0 Å². The van der Waals surface area contributed by atoms with E-state index in [1.165, 1.54) is 5.57 Å². The second-order valence-corrected chi connectivity index (χ2v) is 4.50. The molecule has 0 radical (unpaired) electrons. The number of nitrogens with zero attached hydrogens (tertiary/aromatic N) is 1. The van der Waals surface area contributed by atoms with Crippen molar-refractivity contribution < 1.29 is 5.11 Å². The van der Waals surface area contributed by atoms with E-state index in [1.807, 2.05) is 24.4 Å². The molecule has 0 amide bonds. The van der Waals surface area contributed by atoms with Crippen LogP contribution in [-0.4, -0.2) is 16.2 Å². The Bertz CT molecular complexity index is 333. The maximum Gasteiger partial charge on any atom is 0.0629 e. The summed E-state index contributed by atoms with van der Waals surface area (Å²) in [4.78, 5) is 4.32. The molecule has 1 aromatic heterocycles. The monoisotopic (exact) mass is 217 g/mol. The van der Waals surface area contributed by atoms with Crippen molar-refractivity contribution in [2.45, 2.75) is 44.6 Å². The third-order valence-electron chi connectivity index (χ3n) is 3.11. The lowest BCUT2D eigenvalue weighted by atomic mass is 9.94. The van der Waals surface area contributed by atoms with Crippen LogP contribution < -0.4 is 0 Å². The highest BCUT2D eigenvalue weighted by atomic mass is 16.3. The number of pyridine rings is 1. The predicted octanol–water partition coefficient (Wildman–Crippen LogP) is 3.18. The van der Waals surface area contributed by atoms with Crippen molar-refractivity contribution in [3.05, 3.63) is 35.7 Å². The molecule has 1 aromatic rings. The topological polar surface area (TPSA) is 33.1 Å². The molecular weight excluding hydrogens is 198 g/mol. The van der Waals surface area contributed by atoms with Gasteiger partial charge in [0, 0.05) is 6.20 Å². The number of hydrogen-bond donors (Lipinski definition) is 1. The van der Waals surface area contributed by atoms with Gasteiger partial charge in [0.1, 0.15) is 0 Å². The fourth-order valence-corrected chi connectivity index (χ4v) is 2.21. The van der Waals surface area contributed by atoms with Gasteiger partial charge in [-0.25, -0.2) is 0 Å². The molecule has 2 rings (SSSR count). The third-order valence-corrected chi connectivity index (χ3v) is 3.11. The molecule has 0 aliphatic heterocycles. The smallest absolute Gasteiger partial charge is 0.0629 e. The van der Waals surface area contributed by atoms with E-state index in [4.69, 9.17) is 0 Å². The maximum atomic E-state index is 9.56. The lowest BCUT2D eigenvalue weighted by Gasteiger charge is -2.16. The lowest BCUT2D eigenvalue weighted by Crippen LogP contribution is -2.08. The highest BCUT2D eigenvalue weighted by Crippen LogP contribution is 2.23. The van der Waals surface area contributed by atoms with Gasteiger partial charge in [0.25, 0.3) is 0 Å². The number of allylic oxidation sites excluding steroid dienone is 1. The molecule has 16 heavy (non-hydrogen) atoms. The summed E-state index contributed by atoms with van der Waals surface area (Å²) in [6, 6.07) is 6.00. The van der Waals surface area contributed by atoms with E-state index in [0.29, 0.717) is 0 Å². The van der Waals surface area contributed by atoms with Crippen molar-refractivity contribution in [1.82, 2.24) is 4.98 Å². The average molecular weight is 217 g/mol. The molecule has 1 fully saturated rings. The van der Waals surface area contributed by atoms with E-state index >= 15 is 0 Å². The number of aliphatic hydroxyl groups is 1. The van der Waals surface area contributed by atoms with E-state index in [9.17, 15) is 5.11 Å². The first kappa shape index (κ1) is 11.3. The van der Waals surface area contributed by atoms with Crippen molar-refractivity contribution in [2.75, 3.05) is 0 Å². The van der Waals surface area contributed by atoms with E-state index < -0.39 is 0 Å². The minimum absolute atomic E-state index is 0.0728. The van der Waals surface area contributed by atoms with Gasteiger partial charge in [-0.3, -0.25) is 4.98 Å². The fourth-order valence-electron chi connectivity index (χ4n) is 2.21. The third kappa shape index (κ3) is 3.46. The van der Waals surface area contributed by atoms with Gasteiger partial charge in [-0.15, -0.1) is 0 Å². The predicted molar refractivity (Wildman–Crippen MR) is 65.9 cm³/mol. The summed E-state index contributed by atoms with van der Waals surface area (Å²) in [7, 11) is 0. The Labute approximate surface area is 97.0 Å². The van der Waals surface area contributed by atoms with Crippen molar-refractivity contribution in [3.8, 4) is 0 Å². The van der Waals surface area contributed by atoms with Crippen molar-refractivity contribution >= 4 is 6.08 Å². The van der Waals surface area contributed by atoms with Gasteiger partial charge >= 0.3 is 0 Å². The summed E-state index contributed by atoms with van der Waals surface area (Å²) in [5.41, 5.74) is 2.53. The average Bonchev–Trinajstić information content (AvgIpc) is 2.27. The van der Waals surface area contributed by atoms with Crippen LogP contribution in [0, 0.1) is 0 Å². The summed E-state index contributed by atoms with van der Waals surface area (Å²) in [6.07, 6.45) is 10.3. The van der Waals surface area contributed by atoms with Crippen LogP contribution >= 0.6 is 0 Å². The minimum Gasteiger partial charge on any atom is -0.393 e. The maximum absolute atomic E-state index is 9.56. The molecule has 0 unspecified atom stereocenters. The summed E-state index contributed by atoms with van der Waals surface area (Å²) >= 11 is 0. The van der Waals surface area contributed by atoms with Gasteiger partial charge in [-0.05, 0) is 56.7 Å². The van der Waals surface area contributed by atoms with Gasteiger partial charge in [0.15, 0.2) is 0 Å². The summed E-state index contributed by atoms with van der Waals surface area (Å²) < 4.78 is 0. The Morgan fingerprint density at radius 1 is 1.19 bits per heavy atom. The number of hydrogen-bond acceptors (Lipinski definition) is 2. The molecule has 0 atom stereocenters. The van der Waals surface area contributed by atoms with Crippen LogP contribution in [0.25, 0.3) is 6.08 Å². The molecule has 0 aromatic carbocycles. The Hall–Kier alpha value is -1.15. The quantitative estimate of drug-likeness (QED) is 0.783. The second-order valence-electron chi connectivity index (χ2n) is 4.50. The molecule has 1 saturated carbocycles. The summed E-state index contributed by atoms with van der Waals surface area (Å²) in [6.45, 7) is 0. The molecule has 0 saturated heterocycles. The van der Waals surface area contributed by atoms with Gasteiger partial charge in [0.2, 0.25) is 0 Å². The largest absolute Gasteiger partial charge is 0.393 e. The molecule has 0 bridgehead atoms. The standard InChI is InChI=1S/C14H19NO/c16-14-8-3-5-12(6-4-9-14)11-13-7-1-2-10-15-13/h1-2,7,10-11,14,16H,3-6,8-9H2. The van der Waals surface area contributed by atoms with Crippen molar-refractivity contribution in [1.29, 1.82) is 0 Å². The van der Waals surface area contributed by atoms with E-state index in [-0.39, 0.29) is 6.10 Å².